The third-order valence-electron chi connectivity index (χ3n) is 2.06. The van der Waals surface area contributed by atoms with E-state index in [4.69, 9.17) is 10.2 Å². The Bertz CT molecular complexity index is 536. The van der Waals surface area contributed by atoms with Crippen molar-refractivity contribution < 1.29 is 4.42 Å². The van der Waals surface area contributed by atoms with Crippen LogP contribution in [0.3, 0.4) is 0 Å². The van der Waals surface area contributed by atoms with Gasteiger partial charge in [0.05, 0.1) is 5.69 Å². The molecule has 0 aliphatic carbocycles. The molecule has 0 atom stereocenters. The van der Waals surface area contributed by atoms with Gasteiger partial charge in [0.15, 0.2) is 5.58 Å². The zero-order chi connectivity index (χ0) is 10.1. The first-order valence-electron chi connectivity index (χ1n) is 4.22. The predicted octanol–water partition coefficient (Wildman–Crippen LogP) is 1.84. The number of anilines is 2. The number of hydrogen-bond acceptors (Lipinski definition) is 4. The Balaban J connectivity index is 0.00000112. The van der Waals surface area contributed by atoms with Gasteiger partial charge in [-0.15, -0.1) is 12.4 Å². The summed E-state index contributed by atoms with van der Waals surface area (Å²) in [6.45, 7) is 0. The number of para-hydroxylation sites is 1. The number of nitrogens with one attached hydrogen (secondary N) is 1. The van der Waals surface area contributed by atoms with E-state index >= 15 is 0 Å². The second kappa shape index (κ2) is 4.23. The summed E-state index contributed by atoms with van der Waals surface area (Å²) in [6, 6.07) is 7.08. The highest BCUT2D eigenvalue weighted by molar-refractivity contribution is 5.88. The number of nitrogens with two attached hydrogens (primary N) is 1. The van der Waals surface area contributed by atoms with E-state index in [1.807, 2.05) is 12.1 Å². The van der Waals surface area contributed by atoms with E-state index in [0.29, 0.717) is 17.0 Å². The molecule has 1 aromatic heterocycles. The Morgan fingerprint density at radius 3 is 2.80 bits per heavy atom. The van der Waals surface area contributed by atoms with Gasteiger partial charge < -0.3 is 15.5 Å². The summed E-state index contributed by atoms with van der Waals surface area (Å²) >= 11 is 0. The van der Waals surface area contributed by atoms with Gasteiger partial charge in [0.25, 0.3) is 0 Å². The zero-order valence-electron chi connectivity index (χ0n) is 8.11. The maximum atomic E-state index is 11.3. The zero-order valence-corrected chi connectivity index (χ0v) is 8.93. The van der Waals surface area contributed by atoms with Gasteiger partial charge in [-0.25, -0.2) is 4.79 Å². The SMILES string of the molecule is CNc1cc2cccc(N)c2oc1=O.Cl. The minimum atomic E-state index is -0.405. The van der Waals surface area contributed by atoms with Crippen LogP contribution in [0.5, 0.6) is 0 Å². The molecule has 2 aromatic rings. The lowest BCUT2D eigenvalue weighted by Crippen LogP contribution is -2.06. The van der Waals surface area contributed by atoms with Crippen LogP contribution in [0.15, 0.2) is 33.5 Å². The Hall–Kier alpha value is -1.68. The van der Waals surface area contributed by atoms with Gasteiger partial charge >= 0.3 is 5.63 Å². The fraction of sp³-hybridized carbons (Fsp3) is 0.100. The quantitative estimate of drug-likeness (QED) is 0.575. The normalized spacial score (nSPS) is 9.67. The molecule has 15 heavy (non-hydrogen) atoms. The van der Waals surface area contributed by atoms with Gasteiger partial charge in [0.1, 0.15) is 5.69 Å². The van der Waals surface area contributed by atoms with Crippen LogP contribution in [0.1, 0.15) is 0 Å². The number of rotatable bonds is 1. The standard InChI is InChI=1S/C10H10N2O2.ClH/c1-12-8-5-6-3-2-4-7(11)9(6)14-10(8)13;/h2-5,12H,11H2,1H3;1H. The lowest BCUT2D eigenvalue weighted by Gasteiger charge is -2.02. The highest BCUT2D eigenvalue weighted by Crippen LogP contribution is 2.20. The maximum absolute atomic E-state index is 11.3. The fourth-order valence-corrected chi connectivity index (χ4v) is 1.34. The highest BCUT2D eigenvalue weighted by atomic mass is 35.5. The van der Waals surface area contributed by atoms with Crippen LogP contribution in [0, 0.1) is 0 Å². The molecule has 3 N–H and O–H groups in total. The van der Waals surface area contributed by atoms with Crippen molar-refractivity contribution in [2.75, 3.05) is 18.1 Å². The van der Waals surface area contributed by atoms with E-state index < -0.39 is 5.63 Å². The molecule has 4 nitrogen and oxygen atoms in total. The van der Waals surface area contributed by atoms with Gasteiger partial charge in [0.2, 0.25) is 0 Å². The second-order valence-electron chi connectivity index (χ2n) is 2.96. The molecule has 0 aliphatic rings. The topological polar surface area (TPSA) is 68.3 Å². The average molecular weight is 227 g/mol. The van der Waals surface area contributed by atoms with Crippen LogP contribution >= 0.6 is 12.4 Å². The van der Waals surface area contributed by atoms with Gasteiger partial charge in [-0.1, -0.05) is 12.1 Å². The molecule has 0 saturated heterocycles. The molecular formula is C10H11ClN2O2. The molecule has 0 spiro atoms. The Morgan fingerprint density at radius 2 is 2.13 bits per heavy atom. The van der Waals surface area contributed by atoms with Crippen LogP contribution in [-0.4, -0.2) is 7.05 Å². The van der Waals surface area contributed by atoms with Crippen molar-refractivity contribution in [2.45, 2.75) is 0 Å². The molecule has 0 saturated carbocycles. The van der Waals surface area contributed by atoms with Crippen molar-refractivity contribution >= 4 is 34.8 Å². The summed E-state index contributed by atoms with van der Waals surface area (Å²) in [4.78, 5) is 11.3. The van der Waals surface area contributed by atoms with E-state index in [1.54, 1.807) is 19.2 Å². The van der Waals surface area contributed by atoms with Crippen LogP contribution in [0.4, 0.5) is 11.4 Å². The van der Waals surface area contributed by atoms with Crippen LogP contribution in [0.25, 0.3) is 11.0 Å². The molecule has 2 rings (SSSR count). The average Bonchev–Trinajstić information content (AvgIpc) is 2.19. The molecule has 5 heteroatoms. The molecule has 0 fully saturated rings. The molecule has 0 aliphatic heterocycles. The summed E-state index contributed by atoms with van der Waals surface area (Å²) in [7, 11) is 1.67. The van der Waals surface area contributed by atoms with Crippen molar-refractivity contribution in [2.24, 2.45) is 0 Å². The van der Waals surface area contributed by atoms with Crippen molar-refractivity contribution in [3.05, 3.63) is 34.7 Å². The first-order chi connectivity index (χ1) is 6.72. The number of hydrogen-bond donors (Lipinski definition) is 2. The lowest BCUT2D eigenvalue weighted by atomic mass is 10.2. The van der Waals surface area contributed by atoms with Crippen LogP contribution in [0.2, 0.25) is 0 Å². The monoisotopic (exact) mass is 226 g/mol. The first kappa shape index (κ1) is 11.4. The minimum Gasteiger partial charge on any atom is -0.419 e. The van der Waals surface area contributed by atoms with Gasteiger partial charge in [-0.2, -0.15) is 0 Å². The van der Waals surface area contributed by atoms with Gasteiger partial charge in [0, 0.05) is 12.4 Å². The van der Waals surface area contributed by atoms with Crippen molar-refractivity contribution in [1.82, 2.24) is 0 Å². The first-order valence-corrected chi connectivity index (χ1v) is 4.22. The van der Waals surface area contributed by atoms with Gasteiger partial charge in [-0.3, -0.25) is 0 Å². The molecule has 0 radical (unpaired) electrons. The predicted molar refractivity (Wildman–Crippen MR) is 63.7 cm³/mol. The molecule has 0 unspecified atom stereocenters. The summed E-state index contributed by atoms with van der Waals surface area (Å²) < 4.78 is 5.07. The molecule has 1 aromatic carbocycles. The number of halogens is 1. The van der Waals surface area contributed by atoms with E-state index in [0.717, 1.165) is 5.39 Å². The second-order valence-corrected chi connectivity index (χ2v) is 2.96. The largest absolute Gasteiger partial charge is 0.419 e. The Kier molecular flexibility index (Phi) is 3.21. The maximum Gasteiger partial charge on any atom is 0.359 e. The third kappa shape index (κ3) is 1.89. The van der Waals surface area contributed by atoms with E-state index in [9.17, 15) is 4.79 Å². The third-order valence-corrected chi connectivity index (χ3v) is 2.06. The van der Waals surface area contributed by atoms with Crippen LogP contribution < -0.4 is 16.7 Å². The van der Waals surface area contributed by atoms with E-state index in [1.165, 1.54) is 0 Å². The van der Waals surface area contributed by atoms with E-state index in [2.05, 4.69) is 5.32 Å². The smallest absolute Gasteiger partial charge is 0.359 e. The molecule has 1 heterocycles. The summed E-state index contributed by atoms with van der Waals surface area (Å²) in [5, 5.41) is 3.57. The number of benzene rings is 1. The highest BCUT2D eigenvalue weighted by Gasteiger charge is 2.04. The summed E-state index contributed by atoms with van der Waals surface area (Å²) in [6.07, 6.45) is 0. The summed E-state index contributed by atoms with van der Waals surface area (Å²) in [5.41, 5.74) is 6.61. The summed E-state index contributed by atoms with van der Waals surface area (Å²) in [5.74, 6) is 0. The molecule has 0 bridgehead atoms. The Labute approximate surface area is 92.5 Å². The molecule has 0 amide bonds. The van der Waals surface area contributed by atoms with Gasteiger partial charge in [-0.05, 0) is 12.1 Å². The van der Waals surface area contributed by atoms with Crippen molar-refractivity contribution in [3.63, 3.8) is 0 Å². The Morgan fingerprint density at radius 1 is 1.40 bits per heavy atom. The molecular weight excluding hydrogens is 216 g/mol. The van der Waals surface area contributed by atoms with E-state index in [-0.39, 0.29) is 12.4 Å². The molecule has 80 valence electrons. The van der Waals surface area contributed by atoms with Crippen LogP contribution in [-0.2, 0) is 0 Å². The number of fused-ring (bicyclic) bond motifs is 1. The lowest BCUT2D eigenvalue weighted by molar-refractivity contribution is 0.565. The number of nitrogen functional groups attached to an aromatic ring is 1. The van der Waals surface area contributed by atoms with Crippen molar-refractivity contribution in [1.29, 1.82) is 0 Å². The minimum absolute atomic E-state index is 0. The van der Waals surface area contributed by atoms with Crippen molar-refractivity contribution in [3.8, 4) is 0 Å². The fourth-order valence-electron chi connectivity index (χ4n) is 1.34.